The lowest BCUT2D eigenvalue weighted by Gasteiger charge is -2.20. The monoisotopic (exact) mass is 232 g/mol. The Bertz CT molecular complexity index is 467. The number of rotatable bonds is 2. The molecule has 0 spiro atoms. The number of hydrogen-bond donors (Lipinski definition) is 2. The van der Waals surface area contributed by atoms with Gasteiger partial charge in [0, 0.05) is 0 Å². The van der Waals surface area contributed by atoms with Crippen LogP contribution in [-0.4, -0.2) is 11.0 Å². The molecule has 0 bridgehead atoms. The lowest BCUT2D eigenvalue weighted by Crippen LogP contribution is -2.14. The van der Waals surface area contributed by atoms with Gasteiger partial charge in [-0.25, -0.2) is 0 Å². The van der Waals surface area contributed by atoms with Crippen LogP contribution < -0.4 is 5.32 Å². The molecule has 0 atom stereocenters. The molecule has 1 rings (SSSR count). The maximum Gasteiger partial charge on any atom is 0.238 e. The van der Waals surface area contributed by atoms with Crippen molar-refractivity contribution < 1.29 is 9.90 Å². The number of benzene rings is 1. The molecule has 2 N–H and O–H groups in total. The molecule has 4 nitrogen and oxygen atoms in total. The SMILES string of the molecule is CC(C)(C)c1ccc(O)c(NC(=O)CC#N)c1. The van der Waals surface area contributed by atoms with Gasteiger partial charge in [-0.2, -0.15) is 5.26 Å². The third kappa shape index (κ3) is 3.49. The van der Waals surface area contributed by atoms with Crippen LogP contribution in [0.2, 0.25) is 0 Å². The van der Waals surface area contributed by atoms with E-state index in [1.54, 1.807) is 18.2 Å². The zero-order valence-corrected chi connectivity index (χ0v) is 10.2. The smallest absolute Gasteiger partial charge is 0.238 e. The summed E-state index contributed by atoms with van der Waals surface area (Å²) in [5.74, 6) is -0.418. The van der Waals surface area contributed by atoms with Gasteiger partial charge in [0.25, 0.3) is 0 Å². The van der Waals surface area contributed by atoms with E-state index in [0.29, 0.717) is 5.69 Å². The minimum atomic E-state index is -0.422. The van der Waals surface area contributed by atoms with Crippen LogP contribution in [0.5, 0.6) is 5.75 Å². The Morgan fingerprint density at radius 2 is 2.12 bits per heavy atom. The number of nitriles is 1. The molecule has 0 radical (unpaired) electrons. The molecule has 0 aliphatic rings. The Balaban J connectivity index is 3.00. The average molecular weight is 232 g/mol. The minimum absolute atomic E-state index is 0.00397. The van der Waals surface area contributed by atoms with Crippen molar-refractivity contribution in [2.75, 3.05) is 5.32 Å². The summed E-state index contributed by atoms with van der Waals surface area (Å²) in [5.41, 5.74) is 1.28. The van der Waals surface area contributed by atoms with E-state index >= 15 is 0 Å². The van der Waals surface area contributed by atoms with Crippen molar-refractivity contribution in [1.82, 2.24) is 0 Å². The maximum atomic E-state index is 11.3. The van der Waals surface area contributed by atoms with Gasteiger partial charge in [0.2, 0.25) is 5.91 Å². The van der Waals surface area contributed by atoms with Crippen LogP contribution in [0.1, 0.15) is 32.8 Å². The molecule has 0 fully saturated rings. The second-order valence-electron chi connectivity index (χ2n) is 4.86. The third-order valence-electron chi connectivity index (χ3n) is 2.38. The molecule has 17 heavy (non-hydrogen) atoms. The summed E-state index contributed by atoms with van der Waals surface area (Å²) in [6, 6.07) is 6.84. The van der Waals surface area contributed by atoms with Gasteiger partial charge in [-0.15, -0.1) is 0 Å². The molecule has 0 saturated heterocycles. The van der Waals surface area contributed by atoms with E-state index in [9.17, 15) is 9.90 Å². The largest absolute Gasteiger partial charge is 0.506 e. The highest BCUT2D eigenvalue weighted by molar-refractivity contribution is 5.93. The summed E-state index contributed by atoms with van der Waals surface area (Å²) in [6.07, 6.45) is -0.223. The van der Waals surface area contributed by atoms with E-state index in [0.717, 1.165) is 5.56 Å². The Morgan fingerprint density at radius 3 is 2.65 bits per heavy atom. The second kappa shape index (κ2) is 4.88. The molecule has 0 unspecified atom stereocenters. The molecule has 0 aliphatic carbocycles. The number of nitrogens with one attached hydrogen (secondary N) is 1. The van der Waals surface area contributed by atoms with Gasteiger partial charge in [0.1, 0.15) is 12.2 Å². The van der Waals surface area contributed by atoms with Crippen LogP contribution in [-0.2, 0) is 10.2 Å². The highest BCUT2D eigenvalue weighted by Crippen LogP contribution is 2.30. The van der Waals surface area contributed by atoms with Crippen molar-refractivity contribution in [1.29, 1.82) is 5.26 Å². The molecule has 90 valence electrons. The first-order valence-electron chi connectivity index (χ1n) is 5.35. The lowest BCUT2D eigenvalue weighted by molar-refractivity contribution is -0.115. The van der Waals surface area contributed by atoms with Gasteiger partial charge in [-0.3, -0.25) is 4.79 Å². The predicted molar refractivity (Wildman–Crippen MR) is 65.7 cm³/mol. The van der Waals surface area contributed by atoms with E-state index in [2.05, 4.69) is 5.32 Å². The summed E-state index contributed by atoms with van der Waals surface area (Å²) >= 11 is 0. The molecule has 1 amide bonds. The predicted octanol–water partition coefficient (Wildman–Crippen LogP) is 2.54. The second-order valence-corrected chi connectivity index (χ2v) is 4.86. The fraction of sp³-hybridized carbons (Fsp3) is 0.385. The van der Waals surface area contributed by atoms with Gasteiger partial charge in [-0.05, 0) is 23.1 Å². The van der Waals surface area contributed by atoms with Crippen molar-refractivity contribution in [2.45, 2.75) is 32.6 Å². The van der Waals surface area contributed by atoms with E-state index in [1.807, 2.05) is 26.8 Å². The Kier molecular flexibility index (Phi) is 3.74. The van der Waals surface area contributed by atoms with Crippen LogP contribution in [0, 0.1) is 11.3 Å². The highest BCUT2D eigenvalue weighted by Gasteiger charge is 2.16. The van der Waals surface area contributed by atoms with Crippen molar-refractivity contribution >= 4 is 11.6 Å². The summed E-state index contributed by atoms with van der Waals surface area (Å²) < 4.78 is 0. The topological polar surface area (TPSA) is 73.1 Å². The number of phenols is 1. The molecule has 1 aromatic rings. The van der Waals surface area contributed by atoms with E-state index < -0.39 is 5.91 Å². The number of hydrogen-bond acceptors (Lipinski definition) is 3. The number of amides is 1. The van der Waals surface area contributed by atoms with E-state index in [-0.39, 0.29) is 17.6 Å². The Hall–Kier alpha value is -2.02. The molecule has 0 heterocycles. The lowest BCUT2D eigenvalue weighted by atomic mass is 9.87. The molecule has 0 aliphatic heterocycles. The van der Waals surface area contributed by atoms with Crippen molar-refractivity contribution in [3.63, 3.8) is 0 Å². The number of anilines is 1. The van der Waals surface area contributed by atoms with Gasteiger partial charge >= 0.3 is 0 Å². The zero-order chi connectivity index (χ0) is 13.1. The molecule has 1 aromatic carbocycles. The van der Waals surface area contributed by atoms with Crippen LogP contribution in [0.15, 0.2) is 18.2 Å². The molecule has 0 saturated carbocycles. The first kappa shape index (κ1) is 13.0. The molecule has 0 aromatic heterocycles. The quantitative estimate of drug-likeness (QED) is 0.769. The zero-order valence-electron chi connectivity index (χ0n) is 10.2. The van der Waals surface area contributed by atoms with Crippen molar-refractivity contribution in [2.24, 2.45) is 0 Å². The standard InChI is InChI=1S/C13H16N2O2/c1-13(2,3)9-4-5-11(16)10(8-9)15-12(17)6-7-14/h4-5,8,16H,6H2,1-3H3,(H,15,17). The highest BCUT2D eigenvalue weighted by atomic mass is 16.3. The number of aromatic hydroxyl groups is 1. The minimum Gasteiger partial charge on any atom is -0.506 e. The Labute approximate surface area is 101 Å². The molecule has 4 heteroatoms. The number of carbonyl (C=O) groups is 1. The number of carbonyl (C=O) groups excluding carboxylic acids is 1. The number of phenolic OH excluding ortho intramolecular Hbond substituents is 1. The van der Waals surface area contributed by atoms with E-state index in [1.165, 1.54) is 0 Å². The normalized spacial score (nSPS) is 10.7. The first-order chi connectivity index (χ1) is 7.84. The summed E-state index contributed by atoms with van der Waals surface area (Å²) in [7, 11) is 0. The van der Waals surface area contributed by atoms with Crippen molar-refractivity contribution in [3.8, 4) is 11.8 Å². The van der Waals surface area contributed by atoms with Crippen LogP contribution in [0.4, 0.5) is 5.69 Å². The van der Waals surface area contributed by atoms with Crippen LogP contribution in [0.25, 0.3) is 0 Å². The summed E-state index contributed by atoms with van der Waals surface area (Å²) in [4.78, 5) is 11.3. The third-order valence-corrected chi connectivity index (χ3v) is 2.38. The molecular formula is C13H16N2O2. The van der Waals surface area contributed by atoms with Crippen LogP contribution in [0.3, 0.4) is 0 Å². The fourth-order valence-electron chi connectivity index (χ4n) is 1.37. The fourth-order valence-corrected chi connectivity index (χ4v) is 1.37. The van der Waals surface area contributed by atoms with Gasteiger partial charge in [-0.1, -0.05) is 26.8 Å². The summed E-state index contributed by atoms with van der Waals surface area (Å²) in [6.45, 7) is 6.13. The van der Waals surface area contributed by atoms with Gasteiger partial charge in [0.05, 0.1) is 11.8 Å². The van der Waals surface area contributed by atoms with Crippen molar-refractivity contribution in [3.05, 3.63) is 23.8 Å². The Morgan fingerprint density at radius 1 is 1.47 bits per heavy atom. The van der Waals surface area contributed by atoms with E-state index in [4.69, 9.17) is 5.26 Å². The first-order valence-corrected chi connectivity index (χ1v) is 5.35. The maximum absolute atomic E-state index is 11.3. The number of nitrogens with zero attached hydrogens (tertiary/aromatic N) is 1. The molecular weight excluding hydrogens is 216 g/mol. The van der Waals surface area contributed by atoms with Gasteiger partial charge < -0.3 is 10.4 Å². The van der Waals surface area contributed by atoms with Crippen LogP contribution >= 0.6 is 0 Å². The average Bonchev–Trinajstić information content (AvgIpc) is 2.20. The summed E-state index contributed by atoms with van der Waals surface area (Å²) in [5, 5.41) is 20.5. The van der Waals surface area contributed by atoms with Gasteiger partial charge in [0.15, 0.2) is 0 Å².